The molecule has 3 heteroatoms. The summed E-state index contributed by atoms with van der Waals surface area (Å²) >= 11 is 18.6. The minimum Gasteiger partial charge on any atom is -0.117 e. The van der Waals surface area contributed by atoms with Crippen molar-refractivity contribution >= 4 is 34.8 Å². The lowest BCUT2D eigenvalue weighted by atomic mass is 10.0. The highest BCUT2D eigenvalue weighted by atomic mass is 35.5. The van der Waals surface area contributed by atoms with Crippen LogP contribution in [-0.2, 0) is 6.42 Å². The average Bonchev–Trinajstić information content (AvgIpc) is 2.32. The Bertz CT molecular complexity index is 508. The zero-order valence-corrected chi connectivity index (χ0v) is 11.3. The second kappa shape index (κ2) is 5.77. The second-order valence-electron chi connectivity index (χ2n) is 3.78. The Hall–Kier alpha value is -0.690. The molecule has 0 aromatic heterocycles. The zero-order chi connectivity index (χ0) is 12.3. The second-order valence-corrected chi connectivity index (χ2v) is 5.13. The monoisotopic (exact) mass is 284 g/mol. The van der Waals surface area contributed by atoms with E-state index >= 15 is 0 Å². The van der Waals surface area contributed by atoms with E-state index < -0.39 is 0 Å². The molecule has 0 amide bonds. The highest BCUT2D eigenvalue weighted by Gasteiger charge is 2.13. The first kappa shape index (κ1) is 12.8. The van der Waals surface area contributed by atoms with E-state index in [2.05, 4.69) is 0 Å². The van der Waals surface area contributed by atoms with Crippen molar-refractivity contribution in [2.24, 2.45) is 0 Å². The van der Waals surface area contributed by atoms with Gasteiger partial charge in [0.2, 0.25) is 0 Å². The molecule has 88 valence electrons. The molecule has 0 aliphatic rings. The highest BCUT2D eigenvalue weighted by Crippen LogP contribution is 2.32. The lowest BCUT2D eigenvalue weighted by Gasteiger charge is -2.12. The molecule has 0 radical (unpaired) electrons. The normalized spacial score (nSPS) is 12.4. The predicted molar refractivity (Wildman–Crippen MR) is 75.2 cm³/mol. The van der Waals surface area contributed by atoms with E-state index in [1.807, 2.05) is 48.5 Å². The van der Waals surface area contributed by atoms with Crippen molar-refractivity contribution < 1.29 is 0 Å². The largest absolute Gasteiger partial charge is 0.117 e. The van der Waals surface area contributed by atoms with Crippen LogP contribution in [0.1, 0.15) is 16.5 Å². The first-order valence-electron chi connectivity index (χ1n) is 5.30. The average molecular weight is 286 g/mol. The van der Waals surface area contributed by atoms with Gasteiger partial charge in [-0.25, -0.2) is 0 Å². The fourth-order valence-corrected chi connectivity index (χ4v) is 2.59. The van der Waals surface area contributed by atoms with E-state index in [9.17, 15) is 0 Å². The number of halogens is 3. The number of hydrogen-bond donors (Lipinski definition) is 0. The lowest BCUT2D eigenvalue weighted by Crippen LogP contribution is -1.97. The SMILES string of the molecule is Clc1ccccc1CC(Cl)c1ccccc1Cl. The molecule has 0 saturated heterocycles. The molecule has 0 fully saturated rings. The molecule has 17 heavy (non-hydrogen) atoms. The van der Waals surface area contributed by atoms with Gasteiger partial charge in [-0.2, -0.15) is 0 Å². The summed E-state index contributed by atoms with van der Waals surface area (Å²) in [4.78, 5) is 0. The van der Waals surface area contributed by atoms with Crippen molar-refractivity contribution in [3.8, 4) is 0 Å². The van der Waals surface area contributed by atoms with E-state index in [1.165, 1.54) is 0 Å². The van der Waals surface area contributed by atoms with Gasteiger partial charge < -0.3 is 0 Å². The van der Waals surface area contributed by atoms with Crippen LogP contribution in [0, 0.1) is 0 Å². The molecule has 0 spiro atoms. The quantitative estimate of drug-likeness (QED) is 0.652. The number of rotatable bonds is 3. The molecule has 0 nitrogen and oxygen atoms in total. The zero-order valence-electron chi connectivity index (χ0n) is 9.04. The molecule has 1 atom stereocenters. The summed E-state index contributed by atoms with van der Waals surface area (Å²) in [6.45, 7) is 0. The van der Waals surface area contributed by atoms with E-state index in [1.54, 1.807) is 0 Å². The van der Waals surface area contributed by atoms with Crippen LogP contribution in [0.4, 0.5) is 0 Å². The first-order valence-corrected chi connectivity index (χ1v) is 6.49. The van der Waals surface area contributed by atoms with Gasteiger partial charge in [-0.05, 0) is 29.7 Å². The van der Waals surface area contributed by atoms with Gasteiger partial charge >= 0.3 is 0 Å². The summed E-state index contributed by atoms with van der Waals surface area (Å²) in [6, 6.07) is 15.3. The summed E-state index contributed by atoms with van der Waals surface area (Å²) < 4.78 is 0. The van der Waals surface area contributed by atoms with Crippen molar-refractivity contribution in [2.45, 2.75) is 11.8 Å². The lowest BCUT2D eigenvalue weighted by molar-refractivity contribution is 0.920. The van der Waals surface area contributed by atoms with Crippen molar-refractivity contribution in [2.75, 3.05) is 0 Å². The van der Waals surface area contributed by atoms with Crippen LogP contribution >= 0.6 is 34.8 Å². The number of hydrogen-bond acceptors (Lipinski definition) is 0. The van der Waals surface area contributed by atoms with Crippen LogP contribution in [0.15, 0.2) is 48.5 Å². The smallest absolute Gasteiger partial charge is 0.0640 e. The van der Waals surface area contributed by atoms with Gasteiger partial charge in [-0.3, -0.25) is 0 Å². The van der Waals surface area contributed by atoms with Crippen LogP contribution in [0.5, 0.6) is 0 Å². The van der Waals surface area contributed by atoms with Crippen LogP contribution in [0.25, 0.3) is 0 Å². The molecule has 0 N–H and O–H groups in total. The Labute approximate surface area is 116 Å². The van der Waals surface area contributed by atoms with E-state index in [-0.39, 0.29) is 5.38 Å². The van der Waals surface area contributed by atoms with Gasteiger partial charge in [0.05, 0.1) is 5.38 Å². The molecule has 0 bridgehead atoms. The van der Waals surface area contributed by atoms with Gasteiger partial charge in [-0.15, -0.1) is 11.6 Å². The number of alkyl halides is 1. The molecule has 2 rings (SSSR count). The summed E-state index contributed by atoms with van der Waals surface area (Å²) in [7, 11) is 0. The Balaban J connectivity index is 2.20. The van der Waals surface area contributed by atoms with Crippen molar-refractivity contribution in [1.82, 2.24) is 0 Å². The minimum atomic E-state index is -0.163. The molecule has 2 aromatic carbocycles. The highest BCUT2D eigenvalue weighted by molar-refractivity contribution is 6.33. The summed E-state index contributed by atoms with van der Waals surface area (Å²) in [6.07, 6.45) is 0.672. The van der Waals surface area contributed by atoms with Crippen LogP contribution < -0.4 is 0 Å². The Kier molecular flexibility index (Phi) is 4.33. The maximum Gasteiger partial charge on any atom is 0.0640 e. The third kappa shape index (κ3) is 3.16. The number of benzene rings is 2. The van der Waals surface area contributed by atoms with Crippen LogP contribution in [0.3, 0.4) is 0 Å². The fraction of sp³-hybridized carbons (Fsp3) is 0.143. The molecule has 0 aliphatic heterocycles. The Morgan fingerprint density at radius 2 is 1.41 bits per heavy atom. The van der Waals surface area contributed by atoms with Gasteiger partial charge in [0.25, 0.3) is 0 Å². The van der Waals surface area contributed by atoms with Crippen LogP contribution in [-0.4, -0.2) is 0 Å². The molecule has 0 saturated carbocycles. The fourth-order valence-electron chi connectivity index (χ4n) is 1.70. The van der Waals surface area contributed by atoms with Gasteiger partial charge in [-0.1, -0.05) is 59.6 Å². The molecule has 2 aromatic rings. The topological polar surface area (TPSA) is 0 Å². The summed E-state index contributed by atoms with van der Waals surface area (Å²) in [5.74, 6) is 0. The van der Waals surface area contributed by atoms with Crippen molar-refractivity contribution in [3.63, 3.8) is 0 Å². The minimum absolute atomic E-state index is 0.163. The third-order valence-corrected chi connectivity index (χ3v) is 3.70. The maximum atomic E-state index is 6.37. The maximum absolute atomic E-state index is 6.37. The predicted octanol–water partition coefficient (Wildman–Crippen LogP) is 5.52. The van der Waals surface area contributed by atoms with Crippen molar-refractivity contribution in [3.05, 3.63) is 69.7 Å². The van der Waals surface area contributed by atoms with Gasteiger partial charge in [0.1, 0.15) is 0 Å². The van der Waals surface area contributed by atoms with Gasteiger partial charge in [0, 0.05) is 10.0 Å². The molecular weight excluding hydrogens is 275 g/mol. The van der Waals surface area contributed by atoms with Gasteiger partial charge in [0.15, 0.2) is 0 Å². The standard InChI is InChI=1S/C14H11Cl3/c15-12-7-3-1-5-10(12)9-14(17)11-6-2-4-8-13(11)16/h1-8,14H,9H2. The Morgan fingerprint density at radius 3 is 2.06 bits per heavy atom. The summed E-state index contributed by atoms with van der Waals surface area (Å²) in [5, 5.41) is 1.27. The van der Waals surface area contributed by atoms with Crippen LogP contribution in [0.2, 0.25) is 10.0 Å². The molecular formula is C14H11Cl3. The van der Waals surface area contributed by atoms with Crippen molar-refractivity contribution in [1.29, 1.82) is 0 Å². The third-order valence-electron chi connectivity index (χ3n) is 2.60. The molecule has 1 unspecified atom stereocenters. The summed E-state index contributed by atoms with van der Waals surface area (Å²) in [5.41, 5.74) is 1.98. The van der Waals surface area contributed by atoms with E-state index in [0.717, 1.165) is 16.1 Å². The first-order chi connectivity index (χ1) is 8.18. The van der Waals surface area contributed by atoms with E-state index in [4.69, 9.17) is 34.8 Å². The molecule has 0 heterocycles. The van der Waals surface area contributed by atoms with E-state index in [0.29, 0.717) is 11.4 Å². The Morgan fingerprint density at radius 1 is 0.824 bits per heavy atom. The molecule has 0 aliphatic carbocycles.